The Kier molecular flexibility index (Phi) is 3.69. The SMILES string of the molecule is CCn1cc(-c2cc3c(N4CC5CCC(C4)N5C(=O)C4CC4)ncnn3c2)cn1. The van der Waals surface area contributed by atoms with E-state index >= 15 is 0 Å². The maximum absolute atomic E-state index is 12.7. The summed E-state index contributed by atoms with van der Waals surface area (Å²) in [6.45, 7) is 4.65. The monoisotopic (exact) mass is 391 g/mol. The number of hydrogen-bond donors (Lipinski definition) is 0. The number of aryl methyl sites for hydroxylation is 1. The van der Waals surface area contributed by atoms with Crippen LogP contribution >= 0.6 is 0 Å². The summed E-state index contributed by atoms with van der Waals surface area (Å²) in [5, 5.41) is 8.81. The Labute approximate surface area is 169 Å². The molecule has 3 aromatic heterocycles. The van der Waals surface area contributed by atoms with E-state index in [-0.39, 0.29) is 0 Å². The summed E-state index contributed by atoms with van der Waals surface area (Å²) in [5.74, 6) is 1.65. The summed E-state index contributed by atoms with van der Waals surface area (Å²) in [4.78, 5) is 21.9. The van der Waals surface area contributed by atoms with E-state index in [1.165, 1.54) is 0 Å². The smallest absolute Gasteiger partial charge is 0.226 e. The zero-order chi connectivity index (χ0) is 19.5. The third-order valence-electron chi connectivity index (χ3n) is 6.64. The van der Waals surface area contributed by atoms with Crippen LogP contribution < -0.4 is 4.90 Å². The molecule has 5 heterocycles. The van der Waals surface area contributed by atoms with E-state index in [2.05, 4.69) is 44.2 Å². The summed E-state index contributed by atoms with van der Waals surface area (Å²) in [7, 11) is 0. The van der Waals surface area contributed by atoms with Gasteiger partial charge in [0.1, 0.15) is 11.8 Å². The Balaban J connectivity index is 1.32. The van der Waals surface area contributed by atoms with Gasteiger partial charge in [0.05, 0.1) is 6.20 Å². The van der Waals surface area contributed by atoms with Crippen molar-refractivity contribution in [3.05, 3.63) is 31.0 Å². The molecular weight excluding hydrogens is 366 g/mol. The van der Waals surface area contributed by atoms with Gasteiger partial charge < -0.3 is 9.80 Å². The molecule has 6 rings (SSSR count). The average molecular weight is 391 g/mol. The van der Waals surface area contributed by atoms with Gasteiger partial charge in [-0.05, 0) is 38.7 Å². The second kappa shape index (κ2) is 6.30. The molecule has 2 bridgehead atoms. The summed E-state index contributed by atoms with van der Waals surface area (Å²) < 4.78 is 3.84. The second-order valence-corrected chi connectivity index (χ2v) is 8.54. The van der Waals surface area contributed by atoms with Gasteiger partial charge in [-0.1, -0.05) is 0 Å². The minimum absolute atomic E-state index is 0.299. The highest BCUT2D eigenvalue weighted by molar-refractivity contribution is 5.83. The van der Waals surface area contributed by atoms with Crippen molar-refractivity contribution in [3.8, 4) is 11.1 Å². The summed E-state index contributed by atoms with van der Waals surface area (Å²) >= 11 is 0. The van der Waals surface area contributed by atoms with Crippen molar-refractivity contribution in [2.24, 2.45) is 5.92 Å². The zero-order valence-corrected chi connectivity index (χ0v) is 16.6. The first-order chi connectivity index (χ1) is 14.2. The predicted molar refractivity (Wildman–Crippen MR) is 108 cm³/mol. The third-order valence-corrected chi connectivity index (χ3v) is 6.64. The lowest BCUT2D eigenvalue weighted by molar-refractivity contribution is -0.135. The minimum atomic E-state index is 0.299. The molecule has 3 aliphatic rings. The molecule has 2 aliphatic heterocycles. The van der Waals surface area contributed by atoms with Crippen LogP contribution in [0.4, 0.5) is 5.82 Å². The Bertz CT molecular complexity index is 1070. The van der Waals surface area contributed by atoms with Crippen molar-refractivity contribution < 1.29 is 4.79 Å². The number of carbonyl (C=O) groups is 1. The molecule has 1 aliphatic carbocycles. The topological polar surface area (TPSA) is 71.6 Å². The molecule has 3 fully saturated rings. The van der Waals surface area contributed by atoms with E-state index in [0.29, 0.717) is 23.9 Å². The first kappa shape index (κ1) is 17.0. The van der Waals surface area contributed by atoms with Crippen LogP contribution in [0.2, 0.25) is 0 Å². The molecule has 0 N–H and O–H groups in total. The average Bonchev–Trinajstić information content (AvgIpc) is 3.21. The molecule has 2 atom stereocenters. The third kappa shape index (κ3) is 2.73. The van der Waals surface area contributed by atoms with Crippen LogP contribution in [0.1, 0.15) is 32.6 Å². The van der Waals surface area contributed by atoms with Crippen molar-refractivity contribution >= 4 is 17.2 Å². The van der Waals surface area contributed by atoms with E-state index in [0.717, 1.165) is 67.8 Å². The number of fused-ring (bicyclic) bond motifs is 3. The molecule has 150 valence electrons. The molecule has 1 amide bonds. The van der Waals surface area contributed by atoms with Crippen LogP contribution in [-0.4, -0.2) is 60.4 Å². The maximum Gasteiger partial charge on any atom is 0.226 e. The van der Waals surface area contributed by atoms with Crippen LogP contribution in [0.15, 0.2) is 31.0 Å². The lowest BCUT2D eigenvalue weighted by Gasteiger charge is -2.41. The van der Waals surface area contributed by atoms with E-state index in [1.807, 2.05) is 21.6 Å². The van der Waals surface area contributed by atoms with E-state index < -0.39 is 0 Å². The van der Waals surface area contributed by atoms with Crippen molar-refractivity contribution in [1.82, 2.24) is 29.3 Å². The zero-order valence-electron chi connectivity index (χ0n) is 16.6. The van der Waals surface area contributed by atoms with Gasteiger partial charge in [0.15, 0.2) is 5.82 Å². The number of rotatable bonds is 4. The van der Waals surface area contributed by atoms with Crippen LogP contribution in [-0.2, 0) is 11.3 Å². The highest BCUT2D eigenvalue weighted by atomic mass is 16.2. The molecule has 3 aromatic rings. The largest absolute Gasteiger partial charge is 0.351 e. The predicted octanol–water partition coefficient (Wildman–Crippen LogP) is 2.20. The number of amides is 1. The van der Waals surface area contributed by atoms with E-state index in [4.69, 9.17) is 0 Å². The van der Waals surface area contributed by atoms with Crippen molar-refractivity contribution in [2.75, 3.05) is 18.0 Å². The molecule has 0 spiro atoms. The summed E-state index contributed by atoms with van der Waals surface area (Å²) in [5.41, 5.74) is 3.19. The van der Waals surface area contributed by atoms with Gasteiger partial charge in [0.25, 0.3) is 0 Å². The number of piperazine rings is 1. The standard InChI is InChI=1S/C21H25N7O/c1-2-26-9-16(8-23-26)15-7-19-20(22-13-24-27(19)10-15)25-11-17-5-6-18(12-25)28(17)21(29)14-3-4-14/h7-10,13-14,17-18H,2-6,11-12H2,1H3. The van der Waals surface area contributed by atoms with Gasteiger partial charge in [0.2, 0.25) is 5.91 Å². The van der Waals surface area contributed by atoms with Gasteiger partial charge in [-0.2, -0.15) is 10.2 Å². The lowest BCUT2D eigenvalue weighted by atomic mass is 10.1. The van der Waals surface area contributed by atoms with E-state index in [1.54, 1.807) is 6.33 Å². The van der Waals surface area contributed by atoms with Gasteiger partial charge in [-0.25, -0.2) is 9.50 Å². The number of carbonyl (C=O) groups excluding carboxylic acids is 1. The molecule has 0 radical (unpaired) electrons. The molecule has 2 saturated heterocycles. The van der Waals surface area contributed by atoms with Crippen LogP contribution in [0.5, 0.6) is 0 Å². The molecule has 2 unspecified atom stereocenters. The van der Waals surface area contributed by atoms with Crippen molar-refractivity contribution in [1.29, 1.82) is 0 Å². The fourth-order valence-electron chi connectivity index (χ4n) is 4.98. The van der Waals surface area contributed by atoms with Crippen LogP contribution in [0.3, 0.4) is 0 Å². The summed E-state index contributed by atoms with van der Waals surface area (Å²) in [6.07, 6.45) is 12.0. The van der Waals surface area contributed by atoms with Gasteiger partial charge in [-0.3, -0.25) is 9.48 Å². The molecule has 8 heteroatoms. The van der Waals surface area contributed by atoms with Crippen molar-refractivity contribution in [3.63, 3.8) is 0 Å². The number of nitrogens with zero attached hydrogens (tertiary/aromatic N) is 7. The van der Waals surface area contributed by atoms with Gasteiger partial charge in [-0.15, -0.1) is 0 Å². The highest BCUT2D eigenvalue weighted by Gasteiger charge is 2.46. The molecular formula is C21H25N7O. The minimum Gasteiger partial charge on any atom is -0.351 e. The molecule has 29 heavy (non-hydrogen) atoms. The Morgan fingerprint density at radius 2 is 1.86 bits per heavy atom. The fraction of sp³-hybridized carbons (Fsp3) is 0.524. The Hall–Kier alpha value is -2.90. The van der Waals surface area contributed by atoms with E-state index in [9.17, 15) is 4.79 Å². The lowest BCUT2D eigenvalue weighted by Crippen LogP contribution is -2.56. The number of hydrogen-bond acceptors (Lipinski definition) is 5. The normalized spacial score (nSPS) is 23.9. The summed E-state index contributed by atoms with van der Waals surface area (Å²) in [6, 6.07) is 2.78. The van der Waals surface area contributed by atoms with Crippen LogP contribution in [0, 0.1) is 5.92 Å². The maximum atomic E-state index is 12.7. The first-order valence-corrected chi connectivity index (χ1v) is 10.6. The number of aromatic nitrogens is 5. The van der Waals surface area contributed by atoms with Gasteiger partial charge >= 0.3 is 0 Å². The quantitative estimate of drug-likeness (QED) is 0.682. The Morgan fingerprint density at radius 1 is 1.07 bits per heavy atom. The van der Waals surface area contributed by atoms with Gasteiger partial charge in [0, 0.05) is 61.2 Å². The first-order valence-electron chi connectivity index (χ1n) is 10.6. The molecule has 8 nitrogen and oxygen atoms in total. The molecule has 1 saturated carbocycles. The number of anilines is 1. The highest BCUT2D eigenvalue weighted by Crippen LogP contribution is 2.39. The second-order valence-electron chi connectivity index (χ2n) is 8.54. The van der Waals surface area contributed by atoms with Crippen molar-refractivity contribution in [2.45, 2.75) is 51.2 Å². The Morgan fingerprint density at radius 3 is 2.55 bits per heavy atom. The fourth-order valence-corrected chi connectivity index (χ4v) is 4.98. The van der Waals surface area contributed by atoms with Crippen LogP contribution in [0.25, 0.3) is 16.6 Å². The molecule has 0 aromatic carbocycles.